The Labute approximate surface area is 228 Å². The average Bonchev–Trinajstić information content (AvgIpc) is 2.86. The summed E-state index contributed by atoms with van der Waals surface area (Å²) in [5.74, 6) is -6.49. The van der Waals surface area contributed by atoms with Crippen LogP contribution in [0.1, 0.15) is 17.5 Å². The summed E-state index contributed by atoms with van der Waals surface area (Å²) in [5.41, 5.74) is 3.30. The van der Waals surface area contributed by atoms with Gasteiger partial charge < -0.3 is 30.9 Å². The Balaban J connectivity index is 1.76. The van der Waals surface area contributed by atoms with E-state index in [-0.39, 0.29) is 29.7 Å². The molecular formula is C28H27ClN2O8. The van der Waals surface area contributed by atoms with Crippen LogP contribution in [-0.4, -0.2) is 75.6 Å². The summed E-state index contributed by atoms with van der Waals surface area (Å²) in [7, 11) is 4.60. The van der Waals surface area contributed by atoms with Gasteiger partial charge in [0.1, 0.15) is 28.6 Å². The van der Waals surface area contributed by atoms with Gasteiger partial charge in [0.2, 0.25) is 5.78 Å². The fourth-order valence-corrected chi connectivity index (χ4v) is 6.56. The van der Waals surface area contributed by atoms with E-state index in [1.165, 1.54) is 18.1 Å². The van der Waals surface area contributed by atoms with Crippen LogP contribution in [0, 0.1) is 11.8 Å². The normalized spacial score (nSPS) is 26.4. The molecule has 204 valence electrons. The SMILES string of the molecule is COc1ccc(Cl)cc1-c1ccc(O)c2c1C[C@H]1C[C@H]3[C@@H](N(C)C)C(=O)C(C(N)=O)=C(O)[C@]3(O)C(=O)C1=C2O. The van der Waals surface area contributed by atoms with Crippen molar-refractivity contribution in [3.63, 3.8) is 0 Å². The molecule has 6 N–H and O–H groups in total. The highest BCUT2D eigenvalue weighted by molar-refractivity contribution is 6.31. The van der Waals surface area contributed by atoms with Gasteiger partial charge in [0.15, 0.2) is 11.4 Å². The number of benzene rings is 2. The van der Waals surface area contributed by atoms with Gasteiger partial charge in [-0.2, -0.15) is 0 Å². The summed E-state index contributed by atoms with van der Waals surface area (Å²) >= 11 is 6.26. The number of nitrogens with two attached hydrogens (primary N) is 1. The highest BCUT2D eigenvalue weighted by atomic mass is 35.5. The molecule has 11 heteroatoms. The van der Waals surface area contributed by atoms with Crippen molar-refractivity contribution in [1.29, 1.82) is 0 Å². The van der Waals surface area contributed by atoms with Crippen LogP contribution >= 0.6 is 11.6 Å². The number of hydrogen-bond donors (Lipinski definition) is 5. The lowest BCUT2D eigenvalue weighted by atomic mass is 9.57. The predicted molar refractivity (Wildman–Crippen MR) is 141 cm³/mol. The molecule has 0 aromatic heterocycles. The lowest BCUT2D eigenvalue weighted by Crippen LogP contribution is -2.65. The lowest BCUT2D eigenvalue weighted by molar-refractivity contribution is -0.153. The molecule has 1 amide bonds. The first-order valence-electron chi connectivity index (χ1n) is 12.2. The van der Waals surface area contributed by atoms with Gasteiger partial charge in [0.25, 0.3) is 5.91 Å². The van der Waals surface area contributed by atoms with Crippen LogP contribution in [0.25, 0.3) is 16.9 Å². The summed E-state index contributed by atoms with van der Waals surface area (Å²) in [5, 5.41) is 45.3. The average molecular weight is 555 g/mol. The number of ketones is 2. The maximum absolute atomic E-state index is 13.9. The van der Waals surface area contributed by atoms with Crippen molar-refractivity contribution in [2.45, 2.75) is 24.5 Å². The van der Waals surface area contributed by atoms with Crippen LogP contribution in [0.15, 0.2) is 47.2 Å². The molecule has 39 heavy (non-hydrogen) atoms. The smallest absolute Gasteiger partial charge is 0.255 e. The summed E-state index contributed by atoms with van der Waals surface area (Å²) in [4.78, 5) is 40.7. The Morgan fingerprint density at radius 1 is 1.13 bits per heavy atom. The number of primary amides is 1. The molecule has 2 aromatic rings. The summed E-state index contributed by atoms with van der Waals surface area (Å²) in [6.45, 7) is 0. The number of likely N-dealkylation sites (N-methyl/N-ethyl adjacent to an activating group) is 1. The van der Waals surface area contributed by atoms with Crippen molar-refractivity contribution >= 4 is 34.8 Å². The minimum Gasteiger partial charge on any atom is -0.508 e. The maximum Gasteiger partial charge on any atom is 0.255 e. The number of fused-ring (bicyclic) bond motifs is 3. The summed E-state index contributed by atoms with van der Waals surface area (Å²) in [6, 6.07) is 6.90. The number of halogens is 1. The molecule has 0 aliphatic heterocycles. The molecule has 2 aromatic carbocycles. The van der Waals surface area contributed by atoms with Gasteiger partial charge in [-0.25, -0.2) is 0 Å². The number of carbonyl (C=O) groups excluding carboxylic acids is 3. The van der Waals surface area contributed by atoms with Crippen molar-refractivity contribution in [3.8, 4) is 22.6 Å². The van der Waals surface area contributed by atoms with Gasteiger partial charge in [-0.1, -0.05) is 17.7 Å². The molecule has 0 heterocycles. The Bertz CT molecular complexity index is 1530. The molecule has 0 bridgehead atoms. The molecule has 10 nitrogen and oxygen atoms in total. The Morgan fingerprint density at radius 3 is 2.44 bits per heavy atom. The zero-order valence-electron chi connectivity index (χ0n) is 21.4. The fourth-order valence-electron chi connectivity index (χ4n) is 6.39. The van der Waals surface area contributed by atoms with E-state index in [0.29, 0.717) is 27.5 Å². The number of ether oxygens (including phenoxy) is 1. The molecule has 3 aliphatic carbocycles. The Hall–Kier alpha value is -3.86. The number of Topliss-reactive ketones (excluding diaryl/α,β-unsaturated/α-hetero) is 2. The van der Waals surface area contributed by atoms with E-state index in [0.717, 1.165) is 0 Å². The molecule has 5 rings (SSSR count). The zero-order valence-corrected chi connectivity index (χ0v) is 22.1. The number of amides is 1. The van der Waals surface area contributed by atoms with E-state index in [9.17, 15) is 34.8 Å². The van der Waals surface area contributed by atoms with Gasteiger partial charge in [0, 0.05) is 22.1 Å². The third-order valence-electron chi connectivity index (χ3n) is 8.06. The van der Waals surface area contributed by atoms with Gasteiger partial charge in [-0.05, 0) is 68.2 Å². The second kappa shape index (κ2) is 9.11. The lowest BCUT2D eigenvalue weighted by Gasteiger charge is -2.50. The van der Waals surface area contributed by atoms with Crippen LogP contribution in [0.4, 0.5) is 0 Å². The van der Waals surface area contributed by atoms with E-state index >= 15 is 0 Å². The van der Waals surface area contributed by atoms with Crippen LogP contribution in [0.5, 0.6) is 11.5 Å². The van der Waals surface area contributed by atoms with Gasteiger partial charge in [-0.3, -0.25) is 19.3 Å². The standard InChI is InChI=1S/C28H27ClN2O8/c1-31(2)22-16-9-11-8-15-13(14-10-12(29)4-7-18(14)39-3)5-6-17(32)20(15)23(33)19(11)25(35)28(16,38)26(36)21(24(22)34)27(30)37/h4-7,10-11,16,22,32-33,36,38H,8-9H2,1-3H3,(H2,30,37)/t11-,16-,22+,28+/m0/s1. The minimum atomic E-state index is -2.69. The van der Waals surface area contributed by atoms with E-state index < -0.39 is 58.0 Å². The fraction of sp³-hybridized carbons (Fsp3) is 0.321. The molecule has 0 radical (unpaired) electrons. The molecule has 0 unspecified atom stereocenters. The highest BCUT2D eigenvalue weighted by Gasteiger charge is 2.64. The van der Waals surface area contributed by atoms with E-state index in [4.69, 9.17) is 22.1 Å². The second-order valence-electron chi connectivity index (χ2n) is 10.3. The molecule has 4 atom stereocenters. The van der Waals surface area contributed by atoms with Gasteiger partial charge in [0.05, 0.1) is 18.7 Å². The second-order valence-corrected chi connectivity index (χ2v) is 10.7. The molecule has 3 aliphatic rings. The van der Waals surface area contributed by atoms with Crippen molar-refractivity contribution in [2.75, 3.05) is 21.2 Å². The van der Waals surface area contributed by atoms with E-state index in [1.807, 2.05) is 0 Å². The van der Waals surface area contributed by atoms with Crippen LogP contribution in [0.2, 0.25) is 5.02 Å². The van der Waals surface area contributed by atoms with Crippen LogP contribution in [0.3, 0.4) is 0 Å². The van der Waals surface area contributed by atoms with Crippen LogP contribution in [-0.2, 0) is 20.8 Å². The predicted octanol–water partition coefficient (Wildman–Crippen LogP) is 2.29. The third kappa shape index (κ3) is 3.66. The Kier molecular flexibility index (Phi) is 6.25. The van der Waals surface area contributed by atoms with Crippen molar-refractivity contribution in [1.82, 2.24) is 4.90 Å². The third-order valence-corrected chi connectivity index (χ3v) is 8.29. The largest absolute Gasteiger partial charge is 0.508 e. The monoisotopic (exact) mass is 554 g/mol. The first-order valence-corrected chi connectivity index (χ1v) is 12.6. The quantitative estimate of drug-likeness (QED) is 0.356. The number of aromatic hydroxyl groups is 1. The summed E-state index contributed by atoms with van der Waals surface area (Å²) in [6.07, 6.45) is 0.140. The molecular weight excluding hydrogens is 528 g/mol. The number of rotatable bonds is 4. The van der Waals surface area contributed by atoms with Crippen molar-refractivity contribution in [2.24, 2.45) is 17.6 Å². The first kappa shape index (κ1) is 26.7. The molecule has 1 saturated carbocycles. The number of carbonyl (C=O) groups is 3. The van der Waals surface area contributed by atoms with E-state index in [1.54, 1.807) is 38.4 Å². The molecule has 0 saturated heterocycles. The Morgan fingerprint density at radius 2 is 1.82 bits per heavy atom. The maximum atomic E-state index is 13.9. The minimum absolute atomic E-state index is 0.00641. The van der Waals surface area contributed by atoms with Gasteiger partial charge >= 0.3 is 0 Å². The highest BCUT2D eigenvalue weighted by Crippen LogP contribution is 2.54. The number of phenolic OH excluding ortho intramolecular Hbond substituents is 1. The number of hydrogen-bond acceptors (Lipinski definition) is 9. The molecule has 0 spiro atoms. The zero-order chi connectivity index (χ0) is 28.5. The topological polar surface area (TPSA) is 171 Å². The van der Waals surface area contributed by atoms with Gasteiger partial charge in [-0.15, -0.1) is 0 Å². The van der Waals surface area contributed by atoms with Crippen molar-refractivity contribution < 1.29 is 39.5 Å². The number of aliphatic hydroxyl groups is 3. The summed E-state index contributed by atoms with van der Waals surface area (Å²) < 4.78 is 5.51. The number of phenols is 1. The molecule has 1 fully saturated rings. The van der Waals surface area contributed by atoms with E-state index in [2.05, 4.69) is 0 Å². The van der Waals surface area contributed by atoms with Crippen molar-refractivity contribution in [3.05, 3.63) is 63.4 Å². The number of methoxy groups -OCH3 is 1. The number of aliphatic hydroxyl groups excluding tert-OH is 2. The van der Waals surface area contributed by atoms with Crippen LogP contribution < -0.4 is 10.5 Å². The number of nitrogens with zero attached hydrogens (tertiary/aromatic N) is 1. The first-order chi connectivity index (χ1) is 18.3.